The molecule has 0 unspecified atom stereocenters. The van der Waals surface area contributed by atoms with Crippen molar-refractivity contribution < 1.29 is 31.5 Å². The number of hydrogen-bond donors (Lipinski definition) is 1. The molecule has 0 atom stereocenters. The molecule has 0 saturated carbocycles. The van der Waals surface area contributed by atoms with Crippen LogP contribution in [-0.4, -0.2) is 19.1 Å². The molecule has 0 aliphatic carbocycles. The summed E-state index contributed by atoms with van der Waals surface area (Å²) in [5, 5.41) is 2.63. The summed E-state index contributed by atoms with van der Waals surface area (Å²) in [5.41, 5.74) is -2.94. The van der Waals surface area contributed by atoms with Crippen molar-refractivity contribution >= 4 is 28.1 Å². The molecule has 0 amide bonds. The summed E-state index contributed by atoms with van der Waals surface area (Å²) in [5.74, 6) is -2.61. The van der Waals surface area contributed by atoms with Gasteiger partial charge in [-0.05, 0) is 36.4 Å². The number of anilines is 2. The van der Waals surface area contributed by atoms with Gasteiger partial charge in [0.15, 0.2) is 0 Å². The SMILES string of the molecule is COc1ccc2c(Nc3ccc(F)cc3)c(C(=O)C(F)(F)F)c(=O)oc2c1. The number of halogens is 4. The van der Waals surface area contributed by atoms with Crippen LogP contribution in [0.2, 0.25) is 0 Å². The van der Waals surface area contributed by atoms with Crippen LogP contribution in [-0.2, 0) is 0 Å². The number of ether oxygens (including phenoxy) is 1. The van der Waals surface area contributed by atoms with Gasteiger partial charge in [-0.3, -0.25) is 4.79 Å². The predicted molar refractivity (Wildman–Crippen MR) is 89.1 cm³/mol. The highest BCUT2D eigenvalue weighted by molar-refractivity contribution is 6.10. The number of fused-ring (bicyclic) bond motifs is 1. The van der Waals surface area contributed by atoms with Gasteiger partial charge in [-0.2, -0.15) is 13.2 Å². The first-order valence-electron chi connectivity index (χ1n) is 7.49. The molecule has 1 aromatic heterocycles. The second kappa shape index (κ2) is 6.75. The first-order valence-corrected chi connectivity index (χ1v) is 7.49. The monoisotopic (exact) mass is 381 g/mol. The lowest BCUT2D eigenvalue weighted by Crippen LogP contribution is -2.29. The lowest BCUT2D eigenvalue weighted by atomic mass is 10.1. The Hall–Kier alpha value is -3.36. The Balaban J connectivity index is 2.28. The number of carbonyl (C=O) groups excluding carboxylic acids is 1. The Bertz CT molecular complexity index is 1070. The number of rotatable bonds is 4. The highest BCUT2D eigenvalue weighted by Gasteiger charge is 2.43. The molecule has 3 aromatic rings. The molecular formula is C18H11F4NO4. The van der Waals surface area contributed by atoms with E-state index in [-0.39, 0.29) is 16.7 Å². The van der Waals surface area contributed by atoms with Gasteiger partial charge in [0.05, 0.1) is 12.8 Å². The van der Waals surface area contributed by atoms with Crippen LogP contribution in [0.1, 0.15) is 10.4 Å². The average molecular weight is 381 g/mol. The van der Waals surface area contributed by atoms with Crippen molar-refractivity contribution in [2.75, 3.05) is 12.4 Å². The van der Waals surface area contributed by atoms with Crippen molar-refractivity contribution in [1.82, 2.24) is 0 Å². The minimum atomic E-state index is -5.28. The van der Waals surface area contributed by atoms with Crippen molar-refractivity contribution in [3.8, 4) is 5.75 Å². The maximum atomic E-state index is 13.1. The molecule has 1 N–H and O–H groups in total. The smallest absolute Gasteiger partial charge is 0.455 e. The molecule has 0 spiro atoms. The van der Waals surface area contributed by atoms with Crippen molar-refractivity contribution in [1.29, 1.82) is 0 Å². The summed E-state index contributed by atoms with van der Waals surface area (Å²) >= 11 is 0. The first kappa shape index (κ1) is 18.4. The second-order valence-electron chi connectivity index (χ2n) is 5.46. The summed E-state index contributed by atoms with van der Waals surface area (Å²) in [4.78, 5) is 24.0. The topological polar surface area (TPSA) is 68.5 Å². The Kier molecular flexibility index (Phi) is 4.61. The van der Waals surface area contributed by atoms with E-state index in [1.165, 1.54) is 37.4 Å². The van der Waals surface area contributed by atoms with Crippen molar-refractivity contribution in [3.05, 3.63) is 64.3 Å². The predicted octanol–water partition coefficient (Wildman–Crippen LogP) is 4.43. The van der Waals surface area contributed by atoms with Crippen molar-refractivity contribution in [2.45, 2.75) is 6.18 Å². The second-order valence-corrected chi connectivity index (χ2v) is 5.46. The summed E-state index contributed by atoms with van der Waals surface area (Å²) in [6.45, 7) is 0. The third kappa shape index (κ3) is 3.62. The van der Waals surface area contributed by atoms with E-state index in [1.54, 1.807) is 0 Å². The Labute approximate surface area is 149 Å². The van der Waals surface area contributed by atoms with Gasteiger partial charge < -0.3 is 14.5 Å². The van der Waals surface area contributed by atoms with E-state index in [9.17, 15) is 27.2 Å². The van der Waals surface area contributed by atoms with Gasteiger partial charge in [-0.25, -0.2) is 9.18 Å². The fourth-order valence-electron chi connectivity index (χ4n) is 2.46. The molecule has 0 fully saturated rings. The van der Waals surface area contributed by atoms with E-state index < -0.39 is 34.7 Å². The zero-order valence-electron chi connectivity index (χ0n) is 13.7. The van der Waals surface area contributed by atoms with Gasteiger partial charge in [-0.1, -0.05) is 0 Å². The molecule has 2 aromatic carbocycles. The zero-order valence-corrected chi connectivity index (χ0v) is 13.7. The van der Waals surface area contributed by atoms with E-state index in [2.05, 4.69) is 5.32 Å². The van der Waals surface area contributed by atoms with Gasteiger partial charge in [0.1, 0.15) is 22.7 Å². The van der Waals surface area contributed by atoms with Crippen LogP contribution >= 0.6 is 0 Å². The standard InChI is InChI=1S/C18H11F4NO4/c1-26-11-6-7-12-13(8-11)27-17(25)14(16(24)18(20,21)22)15(12)23-10-4-2-9(19)3-5-10/h2-8,23H,1H3. The van der Waals surface area contributed by atoms with Crippen LogP contribution in [0, 0.1) is 5.82 Å². The van der Waals surface area contributed by atoms with Crippen LogP contribution in [0.3, 0.4) is 0 Å². The summed E-state index contributed by atoms with van der Waals surface area (Å²) in [6.07, 6.45) is -5.28. The van der Waals surface area contributed by atoms with Crippen LogP contribution in [0.25, 0.3) is 11.0 Å². The molecule has 9 heteroatoms. The maximum Gasteiger partial charge on any atom is 0.455 e. The van der Waals surface area contributed by atoms with Crippen LogP contribution in [0.15, 0.2) is 51.7 Å². The molecule has 5 nitrogen and oxygen atoms in total. The summed E-state index contributed by atoms with van der Waals surface area (Å²) < 4.78 is 61.9. The molecule has 0 bridgehead atoms. The quantitative estimate of drug-likeness (QED) is 0.411. The fraction of sp³-hybridized carbons (Fsp3) is 0.111. The largest absolute Gasteiger partial charge is 0.497 e. The highest BCUT2D eigenvalue weighted by atomic mass is 19.4. The molecule has 0 radical (unpaired) electrons. The molecular weight excluding hydrogens is 370 g/mol. The average Bonchev–Trinajstić information content (AvgIpc) is 2.61. The Morgan fingerprint density at radius 3 is 2.37 bits per heavy atom. The van der Waals surface area contributed by atoms with E-state index >= 15 is 0 Å². The van der Waals surface area contributed by atoms with E-state index in [0.717, 1.165) is 12.1 Å². The third-order valence-electron chi connectivity index (χ3n) is 3.71. The minimum Gasteiger partial charge on any atom is -0.497 e. The third-order valence-corrected chi connectivity index (χ3v) is 3.71. The van der Waals surface area contributed by atoms with E-state index in [4.69, 9.17) is 9.15 Å². The number of carbonyl (C=O) groups is 1. The molecule has 0 aliphatic rings. The number of benzene rings is 2. The molecule has 1 heterocycles. The molecule has 0 saturated heterocycles. The maximum absolute atomic E-state index is 13.1. The highest BCUT2D eigenvalue weighted by Crippen LogP contribution is 2.33. The molecule has 0 aliphatic heterocycles. The lowest BCUT2D eigenvalue weighted by molar-refractivity contribution is -0.0886. The van der Waals surface area contributed by atoms with Crippen LogP contribution in [0.5, 0.6) is 5.75 Å². The van der Waals surface area contributed by atoms with Gasteiger partial charge in [0.25, 0.3) is 5.78 Å². The van der Waals surface area contributed by atoms with Crippen LogP contribution in [0.4, 0.5) is 28.9 Å². The van der Waals surface area contributed by atoms with E-state index in [0.29, 0.717) is 5.75 Å². The summed E-state index contributed by atoms with van der Waals surface area (Å²) in [6, 6.07) is 8.72. The molecule has 3 rings (SSSR count). The fourth-order valence-corrected chi connectivity index (χ4v) is 2.46. The Morgan fingerprint density at radius 2 is 1.78 bits per heavy atom. The minimum absolute atomic E-state index is 0.0484. The zero-order chi connectivity index (χ0) is 19.8. The summed E-state index contributed by atoms with van der Waals surface area (Å²) in [7, 11) is 1.36. The molecule has 140 valence electrons. The number of hydrogen-bond acceptors (Lipinski definition) is 5. The van der Waals surface area contributed by atoms with Gasteiger partial charge in [-0.15, -0.1) is 0 Å². The van der Waals surface area contributed by atoms with Gasteiger partial charge >= 0.3 is 11.8 Å². The number of methoxy groups -OCH3 is 1. The van der Waals surface area contributed by atoms with Crippen molar-refractivity contribution in [2.24, 2.45) is 0 Å². The number of nitrogens with one attached hydrogen (secondary N) is 1. The normalized spacial score (nSPS) is 11.4. The Morgan fingerprint density at radius 1 is 1.11 bits per heavy atom. The first-order chi connectivity index (χ1) is 12.7. The van der Waals surface area contributed by atoms with Gasteiger partial charge in [0, 0.05) is 17.1 Å². The van der Waals surface area contributed by atoms with Crippen LogP contribution < -0.4 is 15.7 Å². The number of alkyl halides is 3. The number of ketones is 1. The van der Waals surface area contributed by atoms with E-state index in [1.807, 2.05) is 0 Å². The number of Topliss-reactive ketones (excluding diaryl/α,β-unsaturated/α-hetero) is 1. The van der Waals surface area contributed by atoms with Gasteiger partial charge in [0.2, 0.25) is 0 Å². The lowest BCUT2D eigenvalue weighted by Gasteiger charge is -2.14. The van der Waals surface area contributed by atoms with Crippen molar-refractivity contribution in [3.63, 3.8) is 0 Å². The molecule has 27 heavy (non-hydrogen) atoms.